The van der Waals surface area contributed by atoms with Gasteiger partial charge >= 0.3 is 0 Å². The summed E-state index contributed by atoms with van der Waals surface area (Å²) in [7, 11) is 1.78. The van der Waals surface area contributed by atoms with Crippen LogP contribution in [-0.4, -0.2) is 109 Å². The summed E-state index contributed by atoms with van der Waals surface area (Å²) >= 11 is 6.17. The second kappa shape index (κ2) is 20.6. The number of likely N-dealkylation sites (tertiary alicyclic amines) is 1. The number of ether oxygens (including phenoxy) is 1. The lowest BCUT2D eigenvalue weighted by molar-refractivity contribution is -0.133. The summed E-state index contributed by atoms with van der Waals surface area (Å²) in [6, 6.07) is 14.3. The molecule has 5 aliphatic rings. The molecule has 2 saturated heterocycles. The van der Waals surface area contributed by atoms with E-state index in [0.717, 1.165) is 106 Å². The minimum absolute atomic E-state index is 0.000535. The lowest BCUT2D eigenvalue weighted by atomic mass is 9.92. The Morgan fingerprint density at radius 3 is 2.38 bits per heavy atom. The number of hydrogen-bond acceptors (Lipinski definition) is 11. The summed E-state index contributed by atoms with van der Waals surface area (Å²) in [5, 5.41) is 30.8. The fraction of sp³-hybridized carbons (Fsp3) is 0.500. The van der Waals surface area contributed by atoms with Crippen LogP contribution in [0.1, 0.15) is 122 Å². The highest BCUT2D eigenvalue weighted by atomic mass is 35.5. The van der Waals surface area contributed by atoms with Crippen molar-refractivity contribution in [3.8, 4) is 22.9 Å². The first-order valence-corrected chi connectivity index (χ1v) is 25.4. The third kappa shape index (κ3) is 10.3. The number of carbonyl (C=O) groups excluding carboxylic acids is 3. The number of nitrogens with one attached hydrogen (secondary N) is 1. The molecule has 1 N–H and O–H groups in total. The van der Waals surface area contributed by atoms with Crippen LogP contribution >= 0.6 is 11.6 Å². The number of rotatable bonds is 11. The summed E-state index contributed by atoms with van der Waals surface area (Å²) < 4.78 is 39.4. The number of anilines is 3. The van der Waals surface area contributed by atoms with Crippen LogP contribution in [0.3, 0.4) is 0 Å². The molecule has 19 heteroatoms. The van der Waals surface area contributed by atoms with E-state index in [1.54, 1.807) is 61.4 Å². The zero-order valence-corrected chi connectivity index (χ0v) is 41.0. The lowest BCUT2D eigenvalue weighted by Gasteiger charge is -2.36. The zero-order valence-electron chi connectivity index (χ0n) is 40.2. The highest BCUT2D eigenvalue weighted by molar-refractivity contribution is 6.31. The number of benzene rings is 2. The number of hydrogen-bond donors (Lipinski definition) is 1. The van der Waals surface area contributed by atoms with Gasteiger partial charge in [0.05, 0.1) is 35.5 Å². The first-order valence-electron chi connectivity index (χ1n) is 25.0. The molecule has 3 amide bonds. The molecule has 0 bridgehead atoms. The number of nitrogens with zero attached hydrogens (tertiary/aromatic N) is 11. The molecular weight excluding hydrogens is 930 g/mol. The molecule has 1 aliphatic carbocycles. The van der Waals surface area contributed by atoms with Gasteiger partial charge < -0.3 is 29.7 Å². The van der Waals surface area contributed by atoms with Gasteiger partial charge in [0.15, 0.2) is 17.3 Å². The Kier molecular flexibility index (Phi) is 14.0. The van der Waals surface area contributed by atoms with Crippen molar-refractivity contribution in [2.45, 2.75) is 115 Å². The van der Waals surface area contributed by atoms with E-state index in [1.807, 2.05) is 21.9 Å². The van der Waals surface area contributed by atoms with Gasteiger partial charge in [-0.2, -0.15) is 15.5 Å². The SMILES string of the molecule is CC(=O)N1CCc2c(c(N3CCCc4cc(-c5cnn(C)c5)c(C(F)F)cc43)nn2C2CCN(C(=O)CC3CCN(c4ccc(C(=O)NC5CCC(Oc6ccc(C#N)c(Cl)c6)CC5)nn4)CC3)CC2)C1. The van der Waals surface area contributed by atoms with Crippen molar-refractivity contribution in [3.05, 3.63) is 93.5 Å². The van der Waals surface area contributed by atoms with E-state index in [-0.39, 0.29) is 53.1 Å². The number of aryl methyl sites for hydroxylation is 2. The van der Waals surface area contributed by atoms with Crippen LogP contribution in [-0.2, 0) is 36.0 Å². The molecule has 7 heterocycles. The molecule has 71 heavy (non-hydrogen) atoms. The molecule has 3 aromatic heterocycles. The molecule has 1 saturated carbocycles. The Morgan fingerprint density at radius 1 is 0.915 bits per heavy atom. The molecule has 0 atom stereocenters. The number of piperidine rings is 2. The first-order chi connectivity index (χ1) is 34.4. The lowest BCUT2D eigenvalue weighted by Crippen LogP contribution is -2.42. The summed E-state index contributed by atoms with van der Waals surface area (Å²) in [6.45, 7) is 5.91. The normalized spacial score (nSPS) is 19.8. The van der Waals surface area contributed by atoms with E-state index >= 15 is 0 Å². The Bertz CT molecular complexity index is 2820. The third-order valence-corrected chi connectivity index (χ3v) is 15.5. The highest BCUT2D eigenvalue weighted by Gasteiger charge is 2.36. The molecule has 0 unspecified atom stereocenters. The van der Waals surface area contributed by atoms with Crippen LogP contribution in [0.5, 0.6) is 5.75 Å². The Labute approximate surface area is 416 Å². The van der Waals surface area contributed by atoms with Crippen molar-refractivity contribution in [1.82, 2.24) is 44.9 Å². The number of aromatic nitrogens is 6. The number of alkyl halides is 2. The minimum atomic E-state index is -2.68. The molecule has 3 fully saturated rings. The number of amides is 3. The Morgan fingerprint density at radius 2 is 1.70 bits per heavy atom. The standard InChI is InChI=1S/C52H59ClF2N12O4/c1-32(68)65-23-17-46-43(31-65)51(66-18-3-4-34-25-41(36-29-57-62(2)30-36)42(50(54)55)27-47(34)66)61-67(46)38-15-21-64(22-16-38)49(69)24-33-13-19-63(20-14-33)48-12-11-45(59-60-48)52(70)58-37-6-9-39(10-7-37)71-40-8-5-35(28-56)44(53)26-40/h5,8,11-12,25-27,29-30,33,37-39,50H,3-4,6-7,9-10,13-24,31H2,1-2H3,(H,58,70). The largest absolute Gasteiger partial charge is 0.490 e. The van der Waals surface area contributed by atoms with Crippen molar-refractivity contribution in [2.24, 2.45) is 13.0 Å². The number of nitriles is 1. The maximum absolute atomic E-state index is 14.8. The highest BCUT2D eigenvalue weighted by Crippen LogP contribution is 2.44. The van der Waals surface area contributed by atoms with E-state index < -0.39 is 6.43 Å². The van der Waals surface area contributed by atoms with Crippen LogP contribution in [0.25, 0.3) is 11.1 Å². The molecule has 16 nitrogen and oxygen atoms in total. The van der Waals surface area contributed by atoms with Gasteiger partial charge in [0.2, 0.25) is 11.8 Å². The minimum Gasteiger partial charge on any atom is -0.490 e. The van der Waals surface area contributed by atoms with E-state index in [1.165, 1.54) is 0 Å². The fourth-order valence-corrected chi connectivity index (χ4v) is 11.4. The number of halogens is 3. The Hall–Kier alpha value is -6.61. The van der Waals surface area contributed by atoms with Gasteiger partial charge in [-0.15, -0.1) is 10.2 Å². The second-order valence-electron chi connectivity index (χ2n) is 19.8. The molecule has 372 valence electrons. The molecule has 0 spiro atoms. The predicted molar refractivity (Wildman–Crippen MR) is 263 cm³/mol. The quantitative estimate of drug-likeness (QED) is 0.136. The molecule has 4 aliphatic heterocycles. The van der Waals surface area contributed by atoms with Gasteiger partial charge in [0.1, 0.15) is 11.8 Å². The van der Waals surface area contributed by atoms with Crippen molar-refractivity contribution in [1.29, 1.82) is 5.26 Å². The molecule has 5 aromatic rings. The summed E-state index contributed by atoms with van der Waals surface area (Å²) in [6.07, 6.45) is 9.67. The van der Waals surface area contributed by atoms with Gasteiger partial charge in [-0.05, 0) is 118 Å². The molecular formula is C52H59ClF2N12O4. The number of carbonyl (C=O) groups is 3. The van der Waals surface area contributed by atoms with Gasteiger partial charge in [-0.1, -0.05) is 11.6 Å². The fourth-order valence-electron chi connectivity index (χ4n) is 11.2. The smallest absolute Gasteiger partial charge is 0.272 e. The first kappa shape index (κ1) is 48.0. The Balaban J connectivity index is 0.718. The maximum atomic E-state index is 14.8. The van der Waals surface area contributed by atoms with Gasteiger partial charge in [-0.25, -0.2) is 8.78 Å². The number of fused-ring (bicyclic) bond motifs is 2. The van der Waals surface area contributed by atoms with Gasteiger partial charge in [0, 0.05) is 112 Å². The zero-order chi connectivity index (χ0) is 49.3. The molecule has 0 radical (unpaired) electrons. The second-order valence-corrected chi connectivity index (χ2v) is 20.2. The third-order valence-electron chi connectivity index (χ3n) is 15.2. The van der Waals surface area contributed by atoms with Crippen LogP contribution < -0.4 is 19.9 Å². The van der Waals surface area contributed by atoms with Crippen LogP contribution in [0.15, 0.2) is 54.9 Å². The maximum Gasteiger partial charge on any atom is 0.272 e. The van der Waals surface area contributed by atoms with E-state index in [4.69, 9.17) is 26.7 Å². The van der Waals surface area contributed by atoms with Crippen molar-refractivity contribution in [2.75, 3.05) is 49.1 Å². The van der Waals surface area contributed by atoms with E-state index in [2.05, 4.69) is 41.2 Å². The van der Waals surface area contributed by atoms with Crippen molar-refractivity contribution >= 4 is 46.6 Å². The summed E-state index contributed by atoms with van der Waals surface area (Å²) in [5.74, 6) is 2.22. The van der Waals surface area contributed by atoms with Crippen LogP contribution in [0, 0.1) is 17.2 Å². The molecule has 10 rings (SSSR count). The summed E-state index contributed by atoms with van der Waals surface area (Å²) in [4.78, 5) is 47.7. The van der Waals surface area contributed by atoms with E-state index in [0.29, 0.717) is 78.8 Å². The van der Waals surface area contributed by atoms with Crippen molar-refractivity contribution in [3.63, 3.8) is 0 Å². The average molecular weight is 990 g/mol. The topological polar surface area (TPSA) is 171 Å². The summed E-state index contributed by atoms with van der Waals surface area (Å²) in [5.41, 5.74) is 5.54. The average Bonchev–Trinajstić information content (AvgIpc) is 4.00. The molecule has 2 aromatic carbocycles. The van der Waals surface area contributed by atoms with Gasteiger partial charge in [0.25, 0.3) is 12.3 Å². The van der Waals surface area contributed by atoms with Crippen LogP contribution in [0.4, 0.5) is 26.1 Å². The van der Waals surface area contributed by atoms with Crippen molar-refractivity contribution < 1.29 is 27.9 Å². The monoisotopic (exact) mass is 988 g/mol. The van der Waals surface area contributed by atoms with Gasteiger partial charge in [-0.3, -0.25) is 23.7 Å². The van der Waals surface area contributed by atoms with E-state index in [9.17, 15) is 23.2 Å². The predicted octanol–water partition coefficient (Wildman–Crippen LogP) is 8.12. The van der Waals surface area contributed by atoms with Crippen LogP contribution in [0.2, 0.25) is 5.02 Å².